The number of rotatable bonds is 2. The van der Waals surface area contributed by atoms with E-state index in [9.17, 15) is 14.4 Å². The minimum Gasteiger partial charge on any atom is -0.348 e. The number of hydrogen-bond acceptors (Lipinski definition) is 3. The van der Waals surface area contributed by atoms with Crippen LogP contribution in [0, 0.1) is 0 Å². The summed E-state index contributed by atoms with van der Waals surface area (Å²) in [6.07, 6.45) is 0.699. The smallest absolute Gasteiger partial charge is 0.312 e. The van der Waals surface area contributed by atoms with Gasteiger partial charge >= 0.3 is 11.8 Å². The Morgan fingerprint density at radius 3 is 2.85 bits per heavy atom. The molecule has 0 aromatic rings. The normalized spacial score (nSPS) is 18.1. The highest BCUT2D eigenvalue weighted by Gasteiger charge is 2.24. The summed E-state index contributed by atoms with van der Waals surface area (Å²) in [5, 5.41) is 2.46. The molecular weight excluding hydrogens is 172 g/mol. The maximum Gasteiger partial charge on any atom is 0.312 e. The van der Waals surface area contributed by atoms with Gasteiger partial charge in [0.25, 0.3) is 0 Å². The minimum atomic E-state index is -0.612. The number of nitrogens with one attached hydrogen (secondary N) is 1. The Bertz CT molecular complexity index is 250. The number of ketones is 1. The molecule has 1 aliphatic heterocycles. The molecule has 0 aliphatic carbocycles. The lowest BCUT2D eigenvalue weighted by Crippen LogP contribution is -2.41. The van der Waals surface area contributed by atoms with Crippen LogP contribution in [0.1, 0.15) is 13.3 Å². The molecule has 0 atom stereocenters. The van der Waals surface area contributed by atoms with Crippen LogP contribution in [0.5, 0.6) is 0 Å². The highest BCUT2D eigenvalue weighted by atomic mass is 16.2. The van der Waals surface area contributed by atoms with Gasteiger partial charge in [0, 0.05) is 13.1 Å². The molecule has 1 aliphatic rings. The first-order valence-corrected chi connectivity index (χ1v) is 4.18. The SMILES string of the molecule is CC(=O)CN1CCCNC(=O)C1=O. The summed E-state index contributed by atoms with van der Waals surface area (Å²) in [6.45, 7) is 2.40. The summed E-state index contributed by atoms with van der Waals surface area (Å²) in [4.78, 5) is 34.3. The van der Waals surface area contributed by atoms with Crippen molar-refractivity contribution in [3.05, 3.63) is 0 Å². The summed E-state index contributed by atoms with van der Waals surface area (Å²) in [5.74, 6) is -1.32. The fourth-order valence-electron chi connectivity index (χ4n) is 1.21. The molecule has 0 spiro atoms. The van der Waals surface area contributed by atoms with Crippen LogP contribution in [-0.4, -0.2) is 42.1 Å². The first kappa shape index (κ1) is 9.70. The predicted octanol–water partition coefficient (Wildman–Crippen LogP) is -1.08. The zero-order valence-electron chi connectivity index (χ0n) is 7.50. The molecule has 5 nitrogen and oxygen atoms in total. The van der Waals surface area contributed by atoms with Crippen molar-refractivity contribution >= 4 is 17.6 Å². The Kier molecular flexibility index (Phi) is 3.00. The molecule has 0 unspecified atom stereocenters. The van der Waals surface area contributed by atoms with E-state index in [4.69, 9.17) is 0 Å². The van der Waals surface area contributed by atoms with E-state index >= 15 is 0 Å². The molecule has 0 radical (unpaired) electrons. The van der Waals surface area contributed by atoms with Crippen molar-refractivity contribution in [2.45, 2.75) is 13.3 Å². The van der Waals surface area contributed by atoms with Crippen molar-refractivity contribution in [1.29, 1.82) is 0 Å². The van der Waals surface area contributed by atoms with E-state index in [1.165, 1.54) is 11.8 Å². The van der Waals surface area contributed by atoms with Gasteiger partial charge in [-0.2, -0.15) is 0 Å². The van der Waals surface area contributed by atoms with Gasteiger partial charge in [-0.25, -0.2) is 0 Å². The van der Waals surface area contributed by atoms with Crippen LogP contribution in [0.4, 0.5) is 0 Å². The quantitative estimate of drug-likeness (QED) is 0.555. The second-order valence-electron chi connectivity index (χ2n) is 3.04. The van der Waals surface area contributed by atoms with Crippen LogP contribution >= 0.6 is 0 Å². The van der Waals surface area contributed by atoms with E-state index in [1.54, 1.807) is 0 Å². The highest BCUT2D eigenvalue weighted by Crippen LogP contribution is 1.97. The maximum absolute atomic E-state index is 11.2. The second kappa shape index (κ2) is 4.02. The van der Waals surface area contributed by atoms with Crippen LogP contribution in [-0.2, 0) is 14.4 Å². The first-order valence-electron chi connectivity index (χ1n) is 4.18. The van der Waals surface area contributed by atoms with Crippen molar-refractivity contribution < 1.29 is 14.4 Å². The van der Waals surface area contributed by atoms with Crippen molar-refractivity contribution in [2.75, 3.05) is 19.6 Å². The predicted molar refractivity (Wildman–Crippen MR) is 44.9 cm³/mol. The van der Waals surface area contributed by atoms with Gasteiger partial charge in [-0.05, 0) is 13.3 Å². The molecule has 1 saturated heterocycles. The van der Waals surface area contributed by atoms with Gasteiger partial charge in [0.2, 0.25) is 0 Å². The fourth-order valence-corrected chi connectivity index (χ4v) is 1.21. The molecule has 1 N–H and O–H groups in total. The average molecular weight is 184 g/mol. The number of hydrogen-bond donors (Lipinski definition) is 1. The van der Waals surface area contributed by atoms with Crippen LogP contribution in [0.25, 0.3) is 0 Å². The molecule has 0 bridgehead atoms. The molecule has 0 aromatic heterocycles. The van der Waals surface area contributed by atoms with Crippen molar-refractivity contribution in [3.8, 4) is 0 Å². The van der Waals surface area contributed by atoms with E-state index < -0.39 is 11.8 Å². The third-order valence-corrected chi connectivity index (χ3v) is 1.79. The molecule has 1 heterocycles. The van der Waals surface area contributed by atoms with Crippen molar-refractivity contribution in [3.63, 3.8) is 0 Å². The van der Waals surface area contributed by atoms with E-state index in [0.717, 1.165) is 0 Å². The maximum atomic E-state index is 11.2. The van der Waals surface area contributed by atoms with Crippen molar-refractivity contribution in [1.82, 2.24) is 10.2 Å². The van der Waals surface area contributed by atoms with Gasteiger partial charge in [0.05, 0.1) is 6.54 Å². The first-order chi connectivity index (χ1) is 6.11. The van der Waals surface area contributed by atoms with Crippen molar-refractivity contribution in [2.24, 2.45) is 0 Å². The van der Waals surface area contributed by atoms with E-state index in [1.807, 2.05) is 0 Å². The van der Waals surface area contributed by atoms with Gasteiger partial charge in [-0.15, -0.1) is 0 Å². The highest BCUT2D eigenvalue weighted by molar-refractivity contribution is 6.35. The molecule has 5 heteroatoms. The molecule has 72 valence electrons. The van der Waals surface area contributed by atoms with Crippen LogP contribution < -0.4 is 5.32 Å². The van der Waals surface area contributed by atoms with Crippen LogP contribution in [0.15, 0.2) is 0 Å². The number of carbonyl (C=O) groups excluding carboxylic acids is 3. The summed E-state index contributed by atoms with van der Waals surface area (Å²) in [5.41, 5.74) is 0. The minimum absolute atomic E-state index is 0.0340. The van der Waals surface area contributed by atoms with E-state index in [2.05, 4.69) is 5.32 Å². The molecule has 1 rings (SSSR count). The molecule has 13 heavy (non-hydrogen) atoms. The van der Waals surface area contributed by atoms with Gasteiger partial charge in [0.15, 0.2) is 0 Å². The summed E-state index contributed by atoms with van der Waals surface area (Å²) in [6, 6.07) is 0. The van der Waals surface area contributed by atoms with E-state index in [0.29, 0.717) is 19.5 Å². The number of amides is 2. The Hall–Kier alpha value is -1.39. The van der Waals surface area contributed by atoms with Gasteiger partial charge in [0.1, 0.15) is 5.78 Å². The lowest BCUT2D eigenvalue weighted by atomic mass is 10.3. The standard InChI is InChI=1S/C8H12N2O3/c1-6(11)5-10-4-2-3-9-7(12)8(10)13/h2-5H2,1H3,(H,9,12). The van der Waals surface area contributed by atoms with Gasteiger partial charge < -0.3 is 10.2 Å². The van der Waals surface area contributed by atoms with Crippen LogP contribution in [0.3, 0.4) is 0 Å². The molecule has 0 saturated carbocycles. The summed E-state index contributed by atoms with van der Waals surface area (Å²) >= 11 is 0. The Labute approximate surface area is 76.1 Å². The second-order valence-corrected chi connectivity index (χ2v) is 3.04. The average Bonchev–Trinajstić information content (AvgIpc) is 2.19. The Balaban J connectivity index is 2.64. The van der Waals surface area contributed by atoms with E-state index in [-0.39, 0.29) is 12.3 Å². The monoisotopic (exact) mass is 184 g/mol. The largest absolute Gasteiger partial charge is 0.348 e. The molecule has 2 amide bonds. The van der Waals surface area contributed by atoms with Crippen LogP contribution in [0.2, 0.25) is 0 Å². The summed E-state index contributed by atoms with van der Waals surface area (Å²) in [7, 11) is 0. The molecule has 1 fully saturated rings. The third-order valence-electron chi connectivity index (χ3n) is 1.79. The Morgan fingerprint density at radius 1 is 1.54 bits per heavy atom. The third kappa shape index (κ3) is 2.54. The summed E-state index contributed by atoms with van der Waals surface area (Å²) < 4.78 is 0. The fraction of sp³-hybridized carbons (Fsp3) is 0.625. The van der Waals surface area contributed by atoms with Gasteiger partial charge in [-0.1, -0.05) is 0 Å². The van der Waals surface area contributed by atoms with Gasteiger partial charge in [-0.3, -0.25) is 14.4 Å². The topological polar surface area (TPSA) is 66.5 Å². The molecule has 0 aromatic carbocycles. The number of Topliss-reactive ketones (excluding diaryl/α,β-unsaturated/α-hetero) is 1. The Morgan fingerprint density at radius 2 is 2.23 bits per heavy atom. The number of carbonyl (C=O) groups is 3. The molecular formula is C8H12N2O3. The lowest BCUT2D eigenvalue weighted by Gasteiger charge is -2.16. The lowest BCUT2D eigenvalue weighted by molar-refractivity contribution is -0.145. The zero-order valence-corrected chi connectivity index (χ0v) is 7.50. The number of nitrogens with zero attached hydrogens (tertiary/aromatic N) is 1. The zero-order chi connectivity index (χ0) is 9.84.